The highest BCUT2D eigenvalue weighted by Crippen LogP contribution is 2.32. The Morgan fingerprint density at radius 1 is 1.40 bits per heavy atom. The lowest BCUT2D eigenvalue weighted by molar-refractivity contribution is 0.461. The van der Waals surface area contributed by atoms with E-state index < -0.39 is 0 Å². The van der Waals surface area contributed by atoms with Crippen LogP contribution in [-0.4, -0.2) is 10.3 Å². The maximum absolute atomic E-state index is 5.30. The first-order valence-corrected chi connectivity index (χ1v) is 5.28. The molecule has 1 unspecified atom stereocenters. The van der Waals surface area contributed by atoms with E-state index in [1.165, 1.54) is 12.2 Å². The molecule has 1 radical (unpaired) electrons. The zero-order valence-electron chi connectivity index (χ0n) is 7.31. The molecule has 0 bridgehead atoms. The molecule has 0 aromatic rings. The van der Waals surface area contributed by atoms with Gasteiger partial charge in [0.2, 0.25) is 0 Å². The quantitative estimate of drug-likeness (QED) is 0.633. The first kappa shape index (κ1) is 10.7. The predicted molar refractivity (Wildman–Crippen MR) is 53.6 cm³/mol. The van der Waals surface area contributed by atoms with Gasteiger partial charge in [0.25, 0.3) is 0 Å². The minimum absolute atomic E-state index is 0.287. The fourth-order valence-electron chi connectivity index (χ4n) is 0.475. The summed E-state index contributed by atoms with van der Waals surface area (Å²) in [7, 11) is 0. The maximum Gasteiger partial charge on any atom is 0.0654 e. The fourth-order valence-corrected chi connectivity index (χ4v) is 1.71. The van der Waals surface area contributed by atoms with Gasteiger partial charge in [-0.25, -0.2) is 0 Å². The van der Waals surface area contributed by atoms with Crippen molar-refractivity contribution >= 4 is 24.4 Å². The lowest BCUT2D eigenvalue weighted by Gasteiger charge is -2.24. The van der Waals surface area contributed by atoms with Crippen LogP contribution in [0.2, 0.25) is 0 Å². The molecule has 0 N–H and O–H groups in total. The van der Waals surface area contributed by atoms with Crippen LogP contribution < -0.4 is 0 Å². The van der Waals surface area contributed by atoms with Crippen molar-refractivity contribution in [3.05, 3.63) is 0 Å². The Labute approximate surface area is 74.6 Å². The van der Waals surface area contributed by atoms with Crippen molar-refractivity contribution in [2.75, 3.05) is 5.75 Å². The summed E-state index contributed by atoms with van der Waals surface area (Å²) in [6.07, 6.45) is 1.23. The summed E-state index contributed by atoms with van der Waals surface area (Å²) in [4.78, 5) is 0. The maximum atomic E-state index is 5.30. The molecule has 0 fully saturated rings. The first-order chi connectivity index (χ1) is 4.48. The lowest BCUT2D eigenvalue weighted by atomic mass is 10.0. The van der Waals surface area contributed by atoms with Gasteiger partial charge in [-0.3, -0.25) is 0 Å². The number of hydrogen-bond acceptors (Lipinski definition) is 1. The highest BCUT2D eigenvalue weighted by molar-refractivity contribution is 8.10. The van der Waals surface area contributed by atoms with Crippen LogP contribution in [0.15, 0.2) is 0 Å². The van der Waals surface area contributed by atoms with Gasteiger partial charge >= 0.3 is 0 Å². The fraction of sp³-hybridized carbons (Fsp3) is 1.00. The van der Waals surface area contributed by atoms with E-state index in [0.29, 0.717) is 4.58 Å². The van der Waals surface area contributed by atoms with Crippen molar-refractivity contribution in [1.29, 1.82) is 0 Å². The molecule has 0 aliphatic rings. The van der Waals surface area contributed by atoms with Crippen molar-refractivity contribution in [1.82, 2.24) is 0 Å². The second-order valence-electron chi connectivity index (χ2n) is 3.57. The average Bonchev–Trinajstić information content (AvgIpc) is 1.80. The van der Waals surface area contributed by atoms with Crippen LogP contribution in [0.5, 0.6) is 0 Å². The van der Waals surface area contributed by atoms with E-state index in [1.807, 2.05) is 11.8 Å². The van der Waals surface area contributed by atoms with Gasteiger partial charge in [0.15, 0.2) is 0 Å². The summed E-state index contributed by atoms with van der Waals surface area (Å²) in [5, 5.41) is 0. The van der Waals surface area contributed by atoms with Crippen molar-refractivity contribution in [3.63, 3.8) is 0 Å². The number of rotatable bonds is 3. The summed E-state index contributed by atoms with van der Waals surface area (Å²) < 4.78 is 0.368. The molecule has 61 valence electrons. The molecule has 0 aliphatic carbocycles. The molecule has 0 spiro atoms. The Hall–Kier alpha value is 0.700. The van der Waals surface area contributed by atoms with Crippen LogP contribution >= 0.6 is 24.4 Å². The molecule has 0 rings (SSSR count). The lowest BCUT2D eigenvalue weighted by Crippen LogP contribution is -2.17. The molecule has 0 amide bonds. The average molecular weight is 177 g/mol. The van der Waals surface area contributed by atoms with E-state index >= 15 is 0 Å². The second kappa shape index (κ2) is 4.55. The van der Waals surface area contributed by atoms with Crippen LogP contribution in [0, 0.1) is 5.41 Å². The van der Waals surface area contributed by atoms with Crippen LogP contribution in [-0.2, 0) is 0 Å². The van der Waals surface area contributed by atoms with E-state index in [-0.39, 0.29) is 5.41 Å². The Bertz CT molecular complexity index is 83.7. The molecule has 2 heteroatoms. The van der Waals surface area contributed by atoms with Gasteiger partial charge in [0, 0.05) is 0 Å². The van der Waals surface area contributed by atoms with Crippen molar-refractivity contribution < 1.29 is 0 Å². The van der Waals surface area contributed by atoms with Gasteiger partial charge in [-0.05, 0) is 17.6 Å². The van der Waals surface area contributed by atoms with E-state index in [0.717, 1.165) is 0 Å². The Balaban J connectivity index is 3.52. The van der Waals surface area contributed by atoms with Gasteiger partial charge in [0.05, 0.1) is 4.58 Å². The van der Waals surface area contributed by atoms with Gasteiger partial charge in [-0.15, -0.1) is 11.8 Å². The molecular weight excluding hydrogens is 160 g/mol. The molecule has 0 saturated carbocycles. The second-order valence-corrected chi connectivity index (χ2v) is 5.55. The molecule has 0 aliphatic heterocycles. The summed E-state index contributed by atoms with van der Waals surface area (Å²) in [6.45, 7) is 8.80. The summed E-state index contributed by atoms with van der Waals surface area (Å²) >= 11 is 7.20. The van der Waals surface area contributed by atoms with Crippen LogP contribution in [0.1, 0.15) is 34.1 Å². The van der Waals surface area contributed by atoms with Crippen LogP contribution in [0.3, 0.4) is 0 Å². The molecule has 0 nitrogen and oxygen atoms in total. The van der Waals surface area contributed by atoms with E-state index in [2.05, 4.69) is 27.7 Å². The van der Waals surface area contributed by atoms with E-state index in [4.69, 9.17) is 12.6 Å². The Morgan fingerprint density at radius 2 is 1.90 bits per heavy atom. The zero-order valence-corrected chi connectivity index (χ0v) is 8.94. The Morgan fingerprint density at radius 3 is 2.20 bits per heavy atom. The molecular formula is C8H17S2. The minimum Gasteiger partial charge on any atom is -0.146 e. The molecule has 0 heterocycles. The van der Waals surface area contributed by atoms with Gasteiger partial charge in [-0.1, -0.05) is 40.3 Å². The standard InChI is InChI=1S/C8H17S2/c1-5-6-10-7(9)8(2,3)4/h7H,5-6H2,1-4H3. The number of hydrogen-bond donors (Lipinski definition) is 0. The molecule has 1 atom stereocenters. The monoisotopic (exact) mass is 177 g/mol. The summed E-state index contributed by atoms with van der Waals surface area (Å²) in [5.74, 6) is 1.20. The summed E-state index contributed by atoms with van der Waals surface area (Å²) in [5.41, 5.74) is 0.287. The molecule has 0 aromatic carbocycles. The van der Waals surface area contributed by atoms with E-state index in [1.54, 1.807) is 0 Å². The van der Waals surface area contributed by atoms with Crippen LogP contribution in [0.25, 0.3) is 0 Å². The van der Waals surface area contributed by atoms with Gasteiger partial charge < -0.3 is 0 Å². The third-order valence-electron chi connectivity index (χ3n) is 1.18. The van der Waals surface area contributed by atoms with Crippen LogP contribution in [0.4, 0.5) is 0 Å². The third kappa shape index (κ3) is 4.51. The first-order valence-electron chi connectivity index (χ1n) is 3.76. The van der Waals surface area contributed by atoms with Crippen molar-refractivity contribution in [2.45, 2.75) is 38.7 Å². The highest BCUT2D eigenvalue weighted by atomic mass is 32.2. The molecule has 0 saturated heterocycles. The zero-order chi connectivity index (χ0) is 8.20. The highest BCUT2D eigenvalue weighted by Gasteiger charge is 2.21. The topological polar surface area (TPSA) is 0 Å². The SMILES string of the molecule is CCCSC([S])C(C)(C)C. The smallest absolute Gasteiger partial charge is 0.0654 e. The molecule has 0 aromatic heterocycles. The normalized spacial score (nSPS) is 15.3. The summed E-state index contributed by atoms with van der Waals surface area (Å²) in [6, 6.07) is 0. The number of thioether (sulfide) groups is 1. The third-order valence-corrected chi connectivity index (χ3v) is 3.95. The van der Waals surface area contributed by atoms with Crippen molar-refractivity contribution in [3.8, 4) is 0 Å². The minimum atomic E-state index is 0.287. The Kier molecular flexibility index (Phi) is 4.87. The predicted octanol–water partition coefficient (Wildman–Crippen LogP) is 3.70. The van der Waals surface area contributed by atoms with Crippen molar-refractivity contribution in [2.24, 2.45) is 5.41 Å². The molecule has 10 heavy (non-hydrogen) atoms. The van der Waals surface area contributed by atoms with Gasteiger partial charge in [-0.2, -0.15) is 0 Å². The largest absolute Gasteiger partial charge is 0.146 e. The van der Waals surface area contributed by atoms with E-state index in [9.17, 15) is 0 Å². The van der Waals surface area contributed by atoms with Gasteiger partial charge in [0.1, 0.15) is 0 Å².